The highest BCUT2D eigenvalue weighted by atomic mass is 16.6. The number of ether oxygens (including phenoxy) is 1. The van der Waals surface area contributed by atoms with Gasteiger partial charge in [-0.15, -0.1) is 0 Å². The number of carbonyl (C=O) groups is 2. The van der Waals surface area contributed by atoms with Crippen LogP contribution in [0.5, 0.6) is 0 Å². The van der Waals surface area contributed by atoms with Gasteiger partial charge in [0.15, 0.2) is 0 Å². The Morgan fingerprint density at radius 3 is 2.18 bits per heavy atom. The topological polar surface area (TPSA) is 71.5 Å². The summed E-state index contributed by atoms with van der Waals surface area (Å²) < 4.78 is 5.64. The molecule has 1 N–H and O–H groups in total. The van der Waals surface area contributed by atoms with Gasteiger partial charge in [-0.2, -0.15) is 0 Å². The third-order valence-corrected chi connectivity index (χ3v) is 6.30. The Bertz CT molecular complexity index is 1450. The maximum absolute atomic E-state index is 13.4. The highest BCUT2D eigenvalue weighted by Gasteiger charge is 2.22. The lowest BCUT2D eigenvalue weighted by Crippen LogP contribution is -2.25. The van der Waals surface area contributed by atoms with Crippen molar-refractivity contribution in [3.63, 3.8) is 0 Å². The highest BCUT2D eigenvalue weighted by Crippen LogP contribution is 2.30. The van der Waals surface area contributed by atoms with Crippen LogP contribution in [0.1, 0.15) is 55.3 Å². The number of benzene rings is 3. The van der Waals surface area contributed by atoms with Gasteiger partial charge in [-0.25, -0.2) is 4.79 Å². The summed E-state index contributed by atoms with van der Waals surface area (Å²) in [6, 6.07) is 25.2. The molecule has 0 unspecified atom stereocenters. The Kier molecular flexibility index (Phi) is 8.45. The molecular weight excluding hydrogens is 486 g/mol. The molecule has 3 aromatic carbocycles. The number of esters is 1. The Hall–Kier alpha value is -4.45. The highest BCUT2D eigenvalue weighted by molar-refractivity contribution is 6.09. The second-order valence-corrected chi connectivity index (χ2v) is 10.3. The molecule has 1 amide bonds. The van der Waals surface area contributed by atoms with Gasteiger partial charge in [0.2, 0.25) is 0 Å². The summed E-state index contributed by atoms with van der Waals surface area (Å²) in [7, 11) is 0. The summed E-state index contributed by atoms with van der Waals surface area (Å²) in [5.41, 5.74) is 5.15. The van der Waals surface area contributed by atoms with Crippen LogP contribution in [0.3, 0.4) is 0 Å². The summed E-state index contributed by atoms with van der Waals surface area (Å²) >= 11 is 0. The number of carbonyl (C=O) groups excluding carboxylic acids is 2. The molecule has 200 valence electrons. The number of nitrogens with zero attached hydrogens (tertiary/aromatic N) is 2. The molecule has 0 aliphatic heterocycles. The van der Waals surface area contributed by atoms with Crippen LogP contribution >= 0.6 is 0 Å². The van der Waals surface area contributed by atoms with E-state index in [1.54, 1.807) is 18.3 Å². The van der Waals surface area contributed by atoms with Crippen LogP contribution in [0.2, 0.25) is 0 Å². The standard InChI is InChI=1S/C33H35N3O3/c1-6-36(7-2)28-15-11-14-24(19-28)25-16-17-29(32(38)39-33(3,4)5)30(20-25)35-31(37)27-18-26(21-34-22-27)23-12-9-8-10-13-23/h8-22H,6-7H2,1-5H3,(H,35,37). The summed E-state index contributed by atoms with van der Waals surface area (Å²) in [5.74, 6) is -0.864. The molecular formula is C33H35N3O3. The minimum atomic E-state index is -0.678. The predicted octanol–water partition coefficient (Wildman–Crippen LogP) is 7.47. The van der Waals surface area contributed by atoms with Gasteiger partial charge in [-0.1, -0.05) is 48.5 Å². The summed E-state index contributed by atoms with van der Waals surface area (Å²) in [4.78, 5) is 33.1. The van der Waals surface area contributed by atoms with Crippen molar-refractivity contribution in [2.45, 2.75) is 40.2 Å². The average molecular weight is 522 g/mol. The van der Waals surface area contributed by atoms with E-state index in [4.69, 9.17) is 4.74 Å². The quantitative estimate of drug-likeness (QED) is 0.244. The smallest absolute Gasteiger partial charge is 0.340 e. The van der Waals surface area contributed by atoms with Crippen molar-refractivity contribution in [2.24, 2.45) is 0 Å². The van der Waals surface area contributed by atoms with Crippen molar-refractivity contribution in [3.8, 4) is 22.3 Å². The molecule has 0 spiro atoms. The Morgan fingerprint density at radius 1 is 0.795 bits per heavy atom. The van der Waals surface area contributed by atoms with Gasteiger partial charge in [0.25, 0.3) is 5.91 Å². The fraction of sp³-hybridized carbons (Fsp3) is 0.242. The zero-order valence-corrected chi connectivity index (χ0v) is 23.2. The van der Waals surface area contributed by atoms with Gasteiger partial charge in [0.1, 0.15) is 5.60 Å². The zero-order chi connectivity index (χ0) is 28.0. The van der Waals surface area contributed by atoms with E-state index < -0.39 is 11.6 Å². The molecule has 0 aliphatic carbocycles. The number of aromatic nitrogens is 1. The molecule has 0 saturated heterocycles. The van der Waals surface area contributed by atoms with Crippen LogP contribution in [0, 0.1) is 0 Å². The Morgan fingerprint density at radius 2 is 1.49 bits per heavy atom. The lowest BCUT2D eigenvalue weighted by Gasteiger charge is -2.22. The first-order chi connectivity index (χ1) is 18.7. The van der Waals surface area contributed by atoms with Crippen LogP contribution in [-0.4, -0.2) is 35.6 Å². The largest absolute Gasteiger partial charge is 0.456 e. The number of nitrogens with one attached hydrogen (secondary N) is 1. The number of rotatable bonds is 8. The molecule has 6 nitrogen and oxygen atoms in total. The lowest BCUT2D eigenvalue weighted by molar-refractivity contribution is 0.00708. The van der Waals surface area contributed by atoms with Gasteiger partial charge in [0.05, 0.1) is 16.8 Å². The summed E-state index contributed by atoms with van der Waals surface area (Å²) in [6.45, 7) is 11.5. The normalized spacial score (nSPS) is 11.1. The first-order valence-electron chi connectivity index (χ1n) is 13.2. The SMILES string of the molecule is CCN(CC)c1cccc(-c2ccc(C(=O)OC(C)(C)C)c(NC(=O)c3cncc(-c4ccccc4)c3)c2)c1. The minimum Gasteiger partial charge on any atom is -0.456 e. The average Bonchev–Trinajstić information content (AvgIpc) is 2.93. The van der Waals surface area contributed by atoms with Gasteiger partial charge in [-0.3, -0.25) is 9.78 Å². The number of hydrogen-bond acceptors (Lipinski definition) is 5. The van der Waals surface area contributed by atoms with E-state index in [2.05, 4.69) is 41.2 Å². The first kappa shape index (κ1) is 27.6. The number of amides is 1. The molecule has 4 rings (SSSR count). The Balaban J connectivity index is 1.71. The number of anilines is 2. The van der Waals surface area contributed by atoms with E-state index in [9.17, 15) is 9.59 Å². The molecule has 0 atom stereocenters. The van der Waals surface area contributed by atoms with Crippen LogP contribution in [-0.2, 0) is 4.74 Å². The zero-order valence-electron chi connectivity index (χ0n) is 23.2. The fourth-order valence-electron chi connectivity index (χ4n) is 4.36. The van der Waals surface area contributed by atoms with Gasteiger partial charge in [-0.05, 0) is 81.6 Å². The van der Waals surface area contributed by atoms with Crippen molar-refractivity contribution in [3.05, 3.63) is 102 Å². The predicted molar refractivity (Wildman–Crippen MR) is 158 cm³/mol. The third kappa shape index (κ3) is 6.90. The lowest BCUT2D eigenvalue weighted by atomic mass is 10.0. The van der Waals surface area contributed by atoms with Gasteiger partial charge in [0, 0.05) is 36.7 Å². The summed E-state index contributed by atoms with van der Waals surface area (Å²) in [6.07, 6.45) is 3.24. The summed E-state index contributed by atoms with van der Waals surface area (Å²) in [5, 5.41) is 2.95. The molecule has 0 saturated carbocycles. The maximum atomic E-state index is 13.4. The fourth-order valence-corrected chi connectivity index (χ4v) is 4.36. The first-order valence-corrected chi connectivity index (χ1v) is 13.2. The third-order valence-electron chi connectivity index (χ3n) is 6.30. The van der Waals surface area contributed by atoms with Crippen LogP contribution in [0.4, 0.5) is 11.4 Å². The molecule has 0 aliphatic rings. The second-order valence-electron chi connectivity index (χ2n) is 10.3. The van der Waals surface area contributed by atoms with Crippen LogP contribution in [0.15, 0.2) is 91.3 Å². The van der Waals surface area contributed by atoms with Crippen molar-refractivity contribution < 1.29 is 14.3 Å². The van der Waals surface area contributed by atoms with Gasteiger partial charge >= 0.3 is 5.97 Å². The number of hydrogen-bond donors (Lipinski definition) is 1. The molecule has 0 fully saturated rings. The monoisotopic (exact) mass is 521 g/mol. The van der Waals surface area contributed by atoms with Crippen LogP contribution < -0.4 is 10.2 Å². The molecule has 1 heterocycles. The van der Waals surface area contributed by atoms with E-state index in [-0.39, 0.29) is 11.5 Å². The molecule has 1 aromatic heterocycles. The second kappa shape index (κ2) is 11.9. The van der Waals surface area contributed by atoms with Crippen molar-refractivity contribution in [1.82, 2.24) is 4.98 Å². The van der Waals surface area contributed by atoms with E-state index in [1.807, 2.05) is 75.4 Å². The van der Waals surface area contributed by atoms with Crippen LogP contribution in [0.25, 0.3) is 22.3 Å². The molecule has 0 radical (unpaired) electrons. The van der Waals surface area contributed by atoms with E-state index in [1.165, 1.54) is 6.20 Å². The van der Waals surface area contributed by atoms with E-state index in [0.717, 1.165) is 41.0 Å². The molecule has 6 heteroatoms. The van der Waals surface area contributed by atoms with Crippen molar-refractivity contribution in [1.29, 1.82) is 0 Å². The molecule has 0 bridgehead atoms. The maximum Gasteiger partial charge on any atom is 0.340 e. The van der Waals surface area contributed by atoms with Gasteiger partial charge < -0.3 is 15.0 Å². The molecule has 4 aromatic rings. The Labute approximate surface area is 230 Å². The number of pyridine rings is 1. The van der Waals surface area contributed by atoms with E-state index >= 15 is 0 Å². The van der Waals surface area contributed by atoms with Crippen molar-refractivity contribution >= 4 is 23.3 Å². The molecule has 39 heavy (non-hydrogen) atoms. The minimum absolute atomic E-state index is 0.286. The van der Waals surface area contributed by atoms with Crippen molar-refractivity contribution in [2.75, 3.05) is 23.3 Å². The van der Waals surface area contributed by atoms with E-state index in [0.29, 0.717) is 11.3 Å².